The molecule has 1 aliphatic rings. The largest absolute Gasteiger partial charge is 0.302 e. The fourth-order valence-corrected chi connectivity index (χ4v) is 2.21. The Morgan fingerprint density at radius 1 is 1.25 bits per heavy atom. The second-order valence-corrected chi connectivity index (χ2v) is 4.59. The number of carbonyl (C=O) groups is 1. The molecule has 1 aliphatic carbocycles. The van der Waals surface area contributed by atoms with Crippen molar-refractivity contribution in [2.24, 2.45) is 0 Å². The molecule has 12 heavy (non-hydrogen) atoms. The van der Waals surface area contributed by atoms with E-state index in [1.165, 1.54) is 4.90 Å². The Morgan fingerprint density at radius 3 is 2.42 bits per heavy atom. The number of benzene rings is 1. The van der Waals surface area contributed by atoms with Crippen LogP contribution in [0.4, 0.5) is 0 Å². The van der Waals surface area contributed by atoms with Gasteiger partial charge < -0.3 is 4.79 Å². The molecule has 0 radical (unpaired) electrons. The molecule has 2 heteroatoms. The predicted octanol–water partition coefficient (Wildman–Crippen LogP) is 2.51. The van der Waals surface area contributed by atoms with Crippen LogP contribution in [0.15, 0.2) is 35.2 Å². The molecule has 0 atom stereocenters. The number of rotatable bonds is 3. The highest BCUT2D eigenvalue weighted by Crippen LogP contribution is 2.49. The first-order valence-corrected chi connectivity index (χ1v) is 4.87. The number of thioether (sulfide) groups is 1. The lowest BCUT2D eigenvalue weighted by Crippen LogP contribution is -2.02. The normalized spacial score (nSPS) is 18.7. The summed E-state index contributed by atoms with van der Waals surface area (Å²) >= 11 is 1.69. The summed E-state index contributed by atoms with van der Waals surface area (Å²) in [6.07, 6.45) is 3.16. The summed E-state index contributed by atoms with van der Waals surface area (Å²) in [5, 5.41) is 0. The topological polar surface area (TPSA) is 17.1 Å². The Balaban J connectivity index is 2.09. The molecule has 1 fully saturated rings. The van der Waals surface area contributed by atoms with Crippen LogP contribution in [0.25, 0.3) is 0 Å². The zero-order valence-electron chi connectivity index (χ0n) is 6.69. The van der Waals surface area contributed by atoms with E-state index in [1.54, 1.807) is 11.8 Å². The van der Waals surface area contributed by atoms with Gasteiger partial charge in [-0.2, -0.15) is 0 Å². The van der Waals surface area contributed by atoms with E-state index in [9.17, 15) is 4.79 Å². The zero-order chi connectivity index (χ0) is 8.44. The van der Waals surface area contributed by atoms with Crippen LogP contribution in [-0.2, 0) is 4.79 Å². The van der Waals surface area contributed by atoms with Crippen molar-refractivity contribution < 1.29 is 4.79 Å². The van der Waals surface area contributed by atoms with E-state index in [0.717, 1.165) is 19.1 Å². The van der Waals surface area contributed by atoms with Crippen LogP contribution in [0.3, 0.4) is 0 Å². The van der Waals surface area contributed by atoms with Crippen LogP contribution in [0.5, 0.6) is 0 Å². The third kappa shape index (κ3) is 1.53. The molecule has 0 spiro atoms. The molecule has 0 unspecified atom stereocenters. The first-order valence-electron chi connectivity index (χ1n) is 4.05. The number of hydrogen-bond acceptors (Lipinski definition) is 2. The molecule has 0 heterocycles. The summed E-state index contributed by atoms with van der Waals surface area (Å²) in [5.74, 6) is 0. The van der Waals surface area contributed by atoms with Gasteiger partial charge in [0.2, 0.25) is 0 Å². The van der Waals surface area contributed by atoms with Gasteiger partial charge in [-0.25, -0.2) is 0 Å². The van der Waals surface area contributed by atoms with E-state index in [2.05, 4.69) is 0 Å². The van der Waals surface area contributed by atoms with Crippen molar-refractivity contribution in [2.75, 3.05) is 0 Å². The third-order valence-electron chi connectivity index (χ3n) is 2.02. The van der Waals surface area contributed by atoms with Crippen LogP contribution >= 0.6 is 11.8 Å². The third-order valence-corrected chi connectivity index (χ3v) is 3.44. The van der Waals surface area contributed by atoms with Crippen LogP contribution in [0, 0.1) is 0 Å². The molecule has 0 N–H and O–H groups in total. The lowest BCUT2D eigenvalue weighted by Gasteiger charge is -2.05. The molecular weight excluding hydrogens is 168 g/mol. The van der Waals surface area contributed by atoms with Crippen molar-refractivity contribution in [2.45, 2.75) is 22.5 Å². The van der Waals surface area contributed by atoms with Crippen LogP contribution in [0.2, 0.25) is 0 Å². The van der Waals surface area contributed by atoms with Gasteiger partial charge in [-0.15, -0.1) is 11.8 Å². The highest BCUT2D eigenvalue weighted by Gasteiger charge is 2.43. The predicted molar refractivity (Wildman–Crippen MR) is 50.3 cm³/mol. The molecule has 1 saturated carbocycles. The van der Waals surface area contributed by atoms with Gasteiger partial charge in [0.1, 0.15) is 6.29 Å². The van der Waals surface area contributed by atoms with Crippen molar-refractivity contribution in [3.8, 4) is 0 Å². The molecule has 62 valence electrons. The van der Waals surface area contributed by atoms with Crippen molar-refractivity contribution in [1.29, 1.82) is 0 Å². The summed E-state index contributed by atoms with van der Waals surface area (Å²) < 4.78 is -0.0681. The van der Waals surface area contributed by atoms with Gasteiger partial charge in [0.15, 0.2) is 0 Å². The Bertz CT molecular complexity index is 277. The van der Waals surface area contributed by atoms with E-state index in [1.807, 2.05) is 30.3 Å². The average Bonchev–Trinajstić information content (AvgIpc) is 2.88. The summed E-state index contributed by atoms with van der Waals surface area (Å²) in [4.78, 5) is 11.9. The monoisotopic (exact) mass is 178 g/mol. The molecule has 1 nitrogen and oxygen atoms in total. The van der Waals surface area contributed by atoms with Gasteiger partial charge >= 0.3 is 0 Å². The van der Waals surface area contributed by atoms with E-state index >= 15 is 0 Å². The van der Waals surface area contributed by atoms with E-state index in [4.69, 9.17) is 0 Å². The number of hydrogen-bond donors (Lipinski definition) is 0. The fourth-order valence-electron chi connectivity index (χ4n) is 1.09. The minimum absolute atomic E-state index is 0.0681. The Labute approximate surface area is 76.2 Å². The molecule has 1 aromatic rings. The minimum Gasteiger partial charge on any atom is -0.302 e. The standard InChI is InChI=1S/C10H10OS/c11-8-10(6-7-10)12-9-4-2-1-3-5-9/h1-5,8H,6-7H2. The first-order chi connectivity index (χ1) is 5.85. The van der Waals surface area contributed by atoms with E-state index in [-0.39, 0.29) is 4.75 Å². The van der Waals surface area contributed by atoms with Gasteiger partial charge in [-0.05, 0) is 25.0 Å². The maximum Gasteiger partial charge on any atom is 0.136 e. The number of carbonyl (C=O) groups excluding carboxylic acids is 1. The average molecular weight is 178 g/mol. The molecular formula is C10H10OS. The van der Waals surface area contributed by atoms with Crippen LogP contribution in [0.1, 0.15) is 12.8 Å². The Morgan fingerprint density at radius 2 is 1.92 bits per heavy atom. The fraction of sp³-hybridized carbons (Fsp3) is 0.300. The molecule has 0 saturated heterocycles. The lowest BCUT2D eigenvalue weighted by atomic mass is 10.4. The van der Waals surface area contributed by atoms with Crippen LogP contribution in [-0.4, -0.2) is 11.0 Å². The molecule has 1 aromatic carbocycles. The molecule has 0 bridgehead atoms. The van der Waals surface area contributed by atoms with Crippen molar-refractivity contribution in [3.63, 3.8) is 0 Å². The zero-order valence-corrected chi connectivity index (χ0v) is 7.51. The maximum absolute atomic E-state index is 10.7. The van der Waals surface area contributed by atoms with Gasteiger partial charge in [0.05, 0.1) is 4.75 Å². The quantitative estimate of drug-likeness (QED) is 0.661. The molecule has 2 rings (SSSR count). The SMILES string of the molecule is O=CC1(Sc2ccccc2)CC1. The minimum atomic E-state index is -0.0681. The highest BCUT2D eigenvalue weighted by atomic mass is 32.2. The van der Waals surface area contributed by atoms with Gasteiger partial charge in [0, 0.05) is 4.90 Å². The highest BCUT2D eigenvalue weighted by molar-refractivity contribution is 8.01. The smallest absolute Gasteiger partial charge is 0.136 e. The number of aldehydes is 1. The molecule has 0 aromatic heterocycles. The van der Waals surface area contributed by atoms with Crippen LogP contribution < -0.4 is 0 Å². The lowest BCUT2D eigenvalue weighted by molar-refractivity contribution is -0.107. The van der Waals surface area contributed by atoms with Gasteiger partial charge in [-0.3, -0.25) is 0 Å². The molecule has 0 amide bonds. The second kappa shape index (κ2) is 2.94. The Kier molecular flexibility index (Phi) is 1.93. The summed E-state index contributed by atoms with van der Waals surface area (Å²) in [7, 11) is 0. The van der Waals surface area contributed by atoms with Crippen molar-refractivity contribution in [1.82, 2.24) is 0 Å². The van der Waals surface area contributed by atoms with Gasteiger partial charge in [0.25, 0.3) is 0 Å². The summed E-state index contributed by atoms with van der Waals surface area (Å²) in [5.41, 5.74) is 0. The Hall–Kier alpha value is -0.760. The first kappa shape index (κ1) is 7.87. The summed E-state index contributed by atoms with van der Waals surface area (Å²) in [6, 6.07) is 10.1. The van der Waals surface area contributed by atoms with Crippen molar-refractivity contribution >= 4 is 18.0 Å². The van der Waals surface area contributed by atoms with E-state index < -0.39 is 0 Å². The summed E-state index contributed by atoms with van der Waals surface area (Å²) in [6.45, 7) is 0. The maximum atomic E-state index is 10.7. The molecule has 0 aliphatic heterocycles. The second-order valence-electron chi connectivity index (χ2n) is 3.10. The van der Waals surface area contributed by atoms with Gasteiger partial charge in [-0.1, -0.05) is 18.2 Å². The van der Waals surface area contributed by atoms with Crippen molar-refractivity contribution in [3.05, 3.63) is 30.3 Å². The van der Waals surface area contributed by atoms with E-state index in [0.29, 0.717) is 0 Å².